The van der Waals surface area contributed by atoms with Crippen molar-refractivity contribution in [2.75, 3.05) is 0 Å². The van der Waals surface area contributed by atoms with E-state index in [2.05, 4.69) is 39.9 Å². The average Bonchev–Trinajstić information content (AvgIpc) is 3.51. The second kappa shape index (κ2) is 8.39. The number of hydrogen-bond donors (Lipinski definition) is 1. The second-order valence-electron chi connectivity index (χ2n) is 11.6. The summed E-state index contributed by atoms with van der Waals surface area (Å²) in [6.07, 6.45) is 6.77. The molecule has 0 radical (unpaired) electrons. The van der Waals surface area contributed by atoms with E-state index in [-0.39, 0.29) is 22.7 Å². The first-order valence-corrected chi connectivity index (χ1v) is 16.2. The summed E-state index contributed by atoms with van der Waals surface area (Å²) in [6.45, 7) is 13.4. The molecule has 0 aromatic carbocycles. The van der Waals surface area contributed by atoms with Gasteiger partial charge in [0.1, 0.15) is 11.2 Å². The SMILES string of the molecule is Cc1cc2c(=O)c(C(=O)O)cn(C3CC3)c2nc1-c1cc2c(s1)C(O[Si](C)(C)C(C)(C)C)CCC2. The summed E-state index contributed by atoms with van der Waals surface area (Å²) in [4.78, 5) is 32.0. The number of nitrogens with zero attached hydrogens (tertiary/aromatic N) is 2. The Balaban J connectivity index is 1.60. The molecular formula is C27H34N2O4SSi. The number of thiophene rings is 1. The van der Waals surface area contributed by atoms with Gasteiger partial charge < -0.3 is 14.1 Å². The number of carboxylic acid groups (broad SMARTS) is 1. The lowest BCUT2D eigenvalue weighted by Gasteiger charge is -2.40. The Labute approximate surface area is 211 Å². The van der Waals surface area contributed by atoms with E-state index in [0.717, 1.165) is 48.2 Å². The number of carboxylic acids is 1. The summed E-state index contributed by atoms with van der Waals surface area (Å²) < 4.78 is 8.76. The van der Waals surface area contributed by atoms with E-state index in [1.807, 2.05) is 17.6 Å². The standard InChI is InChI=1S/C27H34N2O4SSi/c1-15-12-18-23(30)19(26(31)32)14-29(17-10-11-17)25(18)28-22(15)21-13-16-8-7-9-20(24(16)34-21)33-35(5,6)27(2,3)4/h12-14,17,20H,7-11H2,1-6H3,(H,31,32). The topological polar surface area (TPSA) is 81.4 Å². The van der Waals surface area contributed by atoms with Crippen LogP contribution in [0.2, 0.25) is 18.1 Å². The van der Waals surface area contributed by atoms with E-state index in [9.17, 15) is 14.7 Å². The van der Waals surface area contributed by atoms with Gasteiger partial charge in [0.2, 0.25) is 5.43 Å². The van der Waals surface area contributed by atoms with E-state index < -0.39 is 19.7 Å². The van der Waals surface area contributed by atoms with Crippen LogP contribution in [0.15, 0.2) is 23.1 Å². The highest BCUT2D eigenvalue weighted by Gasteiger charge is 2.40. The first kappa shape index (κ1) is 24.4. The maximum absolute atomic E-state index is 12.9. The molecule has 35 heavy (non-hydrogen) atoms. The number of pyridine rings is 2. The first-order valence-electron chi connectivity index (χ1n) is 12.5. The number of rotatable bonds is 5. The molecule has 1 saturated carbocycles. The van der Waals surface area contributed by atoms with Crippen molar-refractivity contribution >= 4 is 36.7 Å². The number of fused-ring (bicyclic) bond motifs is 2. The number of carbonyl (C=O) groups is 1. The molecule has 1 fully saturated rings. The minimum absolute atomic E-state index is 0.127. The third kappa shape index (κ3) is 4.30. The molecule has 1 unspecified atom stereocenters. The van der Waals surface area contributed by atoms with Crippen molar-refractivity contribution in [3.63, 3.8) is 0 Å². The summed E-state index contributed by atoms with van der Waals surface area (Å²) in [5.74, 6) is -1.19. The normalized spacial score (nSPS) is 18.6. The molecule has 5 rings (SSSR count). The van der Waals surface area contributed by atoms with Crippen LogP contribution >= 0.6 is 11.3 Å². The molecular weight excluding hydrogens is 476 g/mol. The predicted molar refractivity (Wildman–Crippen MR) is 143 cm³/mol. The molecule has 3 heterocycles. The van der Waals surface area contributed by atoms with E-state index >= 15 is 0 Å². The summed E-state index contributed by atoms with van der Waals surface area (Å²) in [6, 6.07) is 4.29. The van der Waals surface area contributed by atoms with Crippen LogP contribution in [0.1, 0.15) is 85.0 Å². The molecule has 186 valence electrons. The van der Waals surface area contributed by atoms with Crippen molar-refractivity contribution < 1.29 is 14.3 Å². The molecule has 3 aromatic rings. The van der Waals surface area contributed by atoms with Gasteiger partial charge in [0.15, 0.2) is 8.32 Å². The second-order valence-corrected chi connectivity index (χ2v) is 17.4. The zero-order valence-electron chi connectivity index (χ0n) is 21.4. The van der Waals surface area contributed by atoms with E-state index in [4.69, 9.17) is 9.41 Å². The van der Waals surface area contributed by atoms with Crippen LogP contribution in [-0.4, -0.2) is 28.9 Å². The van der Waals surface area contributed by atoms with Crippen molar-refractivity contribution in [1.29, 1.82) is 0 Å². The van der Waals surface area contributed by atoms with Gasteiger partial charge in [-0.3, -0.25) is 4.79 Å². The molecule has 0 bridgehead atoms. The maximum atomic E-state index is 12.9. The smallest absolute Gasteiger partial charge is 0.341 e. The average molecular weight is 511 g/mol. The van der Waals surface area contributed by atoms with Gasteiger partial charge in [-0.15, -0.1) is 11.3 Å². The fourth-order valence-corrected chi connectivity index (χ4v) is 7.40. The van der Waals surface area contributed by atoms with Crippen molar-refractivity contribution in [3.05, 3.63) is 50.1 Å². The van der Waals surface area contributed by atoms with Gasteiger partial charge >= 0.3 is 5.97 Å². The highest BCUT2D eigenvalue weighted by molar-refractivity contribution is 7.15. The molecule has 3 aromatic heterocycles. The first-order chi connectivity index (χ1) is 16.4. The Morgan fingerprint density at radius 1 is 1.23 bits per heavy atom. The molecule has 2 aliphatic rings. The fraction of sp³-hybridized carbons (Fsp3) is 0.519. The zero-order chi connectivity index (χ0) is 25.3. The highest BCUT2D eigenvalue weighted by Crippen LogP contribution is 2.47. The van der Waals surface area contributed by atoms with Crippen LogP contribution in [0.25, 0.3) is 21.6 Å². The van der Waals surface area contributed by atoms with Gasteiger partial charge in [-0.1, -0.05) is 20.8 Å². The van der Waals surface area contributed by atoms with Gasteiger partial charge in [-0.25, -0.2) is 9.78 Å². The van der Waals surface area contributed by atoms with Gasteiger partial charge in [-0.2, -0.15) is 0 Å². The minimum Gasteiger partial charge on any atom is -0.477 e. The van der Waals surface area contributed by atoms with E-state index in [1.165, 1.54) is 16.6 Å². The number of hydrogen-bond acceptors (Lipinski definition) is 5. The lowest BCUT2D eigenvalue weighted by Crippen LogP contribution is -2.42. The summed E-state index contributed by atoms with van der Waals surface area (Å²) in [7, 11) is -1.91. The van der Waals surface area contributed by atoms with Gasteiger partial charge in [0, 0.05) is 17.1 Å². The minimum atomic E-state index is -1.91. The number of aromatic nitrogens is 2. The fourth-order valence-electron chi connectivity index (χ4n) is 4.69. The number of aryl methyl sites for hydroxylation is 2. The van der Waals surface area contributed by atoms with Crippen LogP contribution in [-0.2, 0) is 10.8 Å². The van der Waals surface area contributed by atoms with Crippen LogP contribution in [0.5, 0.6) is 0 Å². The third-order valence-corrected chi connectivity index (χ3v) is 13.7. The van der Waals surface area contributed by atoms with E-state index in [0.29, 0.717) is 11.0 Å². The quantitative estimate of drug-likeness (QED) is 0.379. The van der Waals surface area contributed by atoms with Crippen LogP contribution in [0.4, 0.5) is 0 Å². The van der Waals surface area contributed by atoms with E-state index in [1.54, 1.807) is 11.3 Å². The van der Waals surface area contributed by atoms with Crippen LogP contribution < -0.4 is 5.43 Å². The molecule has 0 amide bonds. The Bertz CT molecular complexity index is 1390. The molecule has 1 atom stereocenters. The van der Waals surface area contributed by atoms with Gasteiger partial charge in [0.05, 0.1) is 22.1 Å². The van der Waals surface area contributed by atoms with Gasteiger partial charge in [0.25, 0.3) is 0 Å². The largest absolute Gasteiger partial charge is 0.477 e. The Hall–Kier alpha value is -2.29. The summed E-state index contributed by atoms with van der Waals surface area (Å²) in [5.41, 5.74) is 3.06. The molecule has 8 heteroatoms. The Morgan fingerprint density at radius 2 is 1.94 bits per heavy atom. The van der Waals surface area contributed by atoms with Crippen LogP contribution in [0.3, 0.4) is 0 Å². The zero-order valence-corrected chi connectivity index (χ0v) is 23.2. The number of aromatic carboxylic acids is 1. The molecule has 0 saturated heterocycles. The Kier molecular flexibility index (Phi) is 5.85. The van der Waals surface area contributed by atoms with Crippen LogP contribution in [0, 0.1) is 6.92 Å². The third-order valence-electron chi connectivity index (χ3n) is 7.89. The monoisotopic (exact) mass is 510 g/mol. The van der Waals surface area contributed by atoms with Gasteiger partial charge in [-0.05, 0) is 80.4 Å². The molecule has 0 spiro atoms. The van der Waals surface area contributed by atoms with Crippen molar-refractivity contribution in [2.45, 2.75) is 90.1 Å². The molecule has 2 aliphatic carbocycles. The van der Waals surface area contributed by atoms with Crippen molar-refractivity contribution in [2.24, 2.45) is 0 Å². The molecule has 6 nitrogen and oxygen atoms in total. The molecule has 0 aliphatic heterocycles. The Morgan fingerprint density at radius 3 is 2.57 bits per heavy atom. The van der Waals surface area contributed by atoms with Crippen molar-refractivity contribution in [3.8, 4) is 10.6 Å². The summed E-state index contributed by atoms with van der Waals surface area (Å²) >= 11 is 1.77. The molecule has 1 N–H and O–H groups in total. The lowest BCUT2D eigenvalue weighted by atomic mass is 9.96. The summed E-state index contributed by atoms with van der Waals surface area (Å²) in [5, 5.41) is 10.1. The predicted octanol–water partition coefficient (Wildman–Crippen LogP) is 6.87. The highest BCUT2D eigenvalue weighted by atomic mass is 32.1. The lowest BCUT2D eigenvalue weighted by molar-refractivity contribution is 0.0695. The van der Waals surface area contributed by atoms with Crippen molar-refractivity contribution in [1.82, 2.24) is 9.55 Å². The maximum Gasteiger partial charge on any atom is 0.341 e.